The molecule has 0 radical (unpaired) electrons. The van der Waals surface area contributed by atoms with E-state index in [0.29, 0.717) is 6.04 Å². The Morgan fingerprint density at radius 1 is 1.15 bits per heavy atom. The molecule has 1 atom stereocenters. The van der Waals surface area contributed by atoms with Crippen molar-refractivity contribution in [1.29, 1.82) is 0 Å². The van der Waals surface area contributed by atoms with Crippen LogP contribution in [0.25, 0.3) is 0 Å². The molecule has 1 aromatic rings. The number of nitrogens with one attached hydrogen (secondary N) is 1. The van der Waals surface area contributed by atoms with Crippen LogP contribution in [0.3, 0.4) is 0 Å². The highest BCUT2D eigenvalue weighted by molar-refractivity contribution is 9.10. The Morgan fingerprint density at radius 3 is 2.45 bits per heavy atom. The number of aryl methyl sites for hydroxylation is 2. The van der Waals surface area contributed by atoms with Crippen molar-refractivity contribution < 1.29 is 0 Å². The van der Waals surface area contributed by atoms with Gasteiger partial charge < -0.3 is 5.32 Å². The van der Waals surface area contributed by atoms with Gasteiger partial charge in [0.05, 0.1) is 15.9 Å². The molecule has 1 aromatic heterocycles. The van der Waals surface area contributed by atoms with Crippen LogP contribution in [0.5, 0.6) is 0 Å². The molecular formula is C16H30BrN3. The van der Waals surface area contributed by atoms with Crippen molar-refractivity contribution in [1.82, 2.24) is 15.1 Å². The fraction of sp³-hybridized carbons (Fsp3) is 0.812. The summed E-state index contributed by atoms with van der Waals surface area (Å²) in [5.74, 6) is 0. The molecule has 1 unspecified atom stereocenters. The zero-order valence-corrected chi connectivity index (χ0v) is 15.1. The van der Waals surface area contributed by atoms with Crippen LogP contribution in [0, 0.1) is 0 Å². The second kappa shape index (κ2) is 9.56. The van der Waals surface area contributed by atoms with Gasteiger partial charge in [0.2, 0.25) is 0 Å². The van der Waals surface area contributed by atoms with Crippen molar-refractivity contribution in [3.63, 3.8) is 0 Å². The van der Waals surface area contributed by atoms with E-state index in [9.17, 15) is 0 Å². The third-order valence-electron chi connectivity index (χ3n) is 3.74. The van der Waals surface area contributed by atoms with Gasteiger partial charge in [-0.1, -0.05) is 27.2 Å². The summed E-state index contributed by atoms with van der Waals surface area (Å²) in [6.07, 6.45) is 7.00. The van der Waals surface area contributed by atoms with Crippen LogP contribution in [0.15, 0.2) is 4.47 Å². The summed E-state index contributed by atoms with van der Waals surface area (Å²) in [5, 5.41) is 8.36. The van der Waals surface area contributed by atoms with E-state index in [-0.39, 0.29) is 0 Å². The van der Waals surface area contributed by atoms with Gasteiger partial charge in [-0.15, -0.1) is 0 Å². The monoisotopic (exact) mass is 343 g/mol. The molecule has 0 spiro atoms. The zero-order chi connectivity index (χ0) is 15.0. The van der Waals surface area contributed by atoms with Gasteiger partial charge in [0.15, 0.2) is 0 Å². The number of halogens is 1. The molecule has 0 aliphatic carbocycles. The van der Waals surface area contributed by atoms with Gasteiger partial charge in [0.1, 0.15) is 0 Å². The van der Waals surface area contributed by atoms with Crippen molar-refractivity contribution in [3.05, 3.63) is 15.9 Å². The summed E-state index contributed by atoms with van der Waals surface area (Å²) in [7, 11) is 0. The number of aromatic nitrogens is 2. The minimum absolute atomic E-state index is 0.636. The topological polar surface area (TPSA) is 29.9 Å². The SMILES string of the molecule is CCCNC(CCC)CCc1c(Br)c(CC)nn1CC. The average Bonchev–Trinajstić information content (AvgIpc) is 2.77. The number of hydrogen-bond acceptors (Lipinski definition) is 2. The van der Waals surface area contributed by atoms with E-state index < -0.39 is 0 Å². The Hall–Kier alpha value is -0.350. The van der Waals surface area contributed by atoms with Crippen LogP contribution in [-0.2, 0) is 19.4 Å². The molecule has 0 aliphatic heterocycles. The molecule has 1 heterocycles. The minimum atomic E-state index is 0.636. The largest absolute Gasteiger partial charge is 0.314 e. The lowest BCUT2D eigenvalue weighted by molar-refractivity contribution is 0.441. The van der Waals surface area contributed by atoms with Crippen LogP contribution >= 0.6 is 15.9 Å². The highest BCUT2D eigenvalue weighted by Crippen LogP contribution is 2.24. The zero-order valence-electron chi connectivity index (χ0n) is 13.5. The molecule has 1 rings (SSSR count). The van der Waals surface area contributed by atoms with Gasteiger partial charge in [-0.25, -0.2) is 0 Å². The predicted molar refractivity (Wildman–Crippen MR) is 90.3 cm³/mol. The molecule has 0 saturated heterocycles. The fourth-order valence-corrected chi connectivity index (χ4v) is 3.38. The first-order chi connectivity index (χ1) is 9.67. The smallest absolute Gasteiger partial charge is 0.0766 e. The van der Waals surface area contributed by atoms with Crippen LogP contribution in [0.4, 0.5) is 0 Å². The molecule has 0 amide bonds. The summed E-state index contributed by atoms with van der Waals surface area (Å²) >= 11 is 3.74. The van der Waals surface area contributed by atoms with E-state index in [1.165, 1.54) is 41.5 Å². The summed E-state index contributed by atoms with van der Waals surface area (Å²) in [6, 6.07) is 0.636. The van der Waals surface area contributed by atoms with Crippen molar-refractivity contribution in [3.8, 4) is 0 Å². The van der Waals surface area contributed by atoms with Crippen LogP contribution in [-0.4, -0.2) is 22.4 Å². The minimum Gasteiger partial charge on any atom is -0.314 e. The molecule has 3 nitrogen and oxygen atoms in total. The van der Waals surface area contributed by atoms with Crippen molar-refractivity contribution >= 4 is 15.9 Å². The fourth-order valence-electron chi connectivity index (χ4n) is 2.61. The Bertz CT molecular complexity index is 387. The van der Waals surface area contributed by atoms with Crippen molar-refractivity contribution in [2.75, 3.05) is 6.54 Å². The molecule has 0 aromatic carbocycles. The Kier molecular flexibility index (Phi) is 8.46. The number of rotatable bonds is 10. The van der Waals surface area contributed by atoms with E-state index in [4.69, 9.17) is 0 Å². The lowest BCUT2D eigenvalue weighted by Crippen LogP contribution is -2.30. The van der Waals surface area contributed by atoms with Crippen LogP contribution in [0.1, 0.15) is 64.8 Å². The van der Waals surface area contributed by atoms with E-state index >= 15 is 0 Å². The van der Waals surface area contributed by atoms with E-state index in [1.54, 1.807) is 0 Å². The number of hydrogen-bond donors (Lipinski definition) is 1. The Labute approximate surface area is 132 Å². The first-order valence-corrected chi connectivity index (χ1v) is 8.94. The standard InChI is InChI=1S/C16H30BrN3/c1-5-9-13(18-12-6-2)10-11-15-16(17)14(7-3)19-20(15)8-4/h13,18H,5-12H2,1-4H3. The normalized spacial score (nSPS) is 12.8. The molecule has 116 valence electrons. The summed E-state index contributed by atoms with van der Waals surface area (Å²) in [4.78, 5) is 0. The first kappa shape index (κ1) is 17.7. The molecular weight excluding hydrogens is 314 g/mol. The first-order valence-electron chi connectivity index (χ1n) is 8.15. The van der Waals surface area contributed by atoms with Gasteiger partial charge in [-0.3, -0.25) is 4.68 Å². The quantitative estimate of drug-likeness (QED) is 0.685. The third-order valence-corrected chi connectivity index (χ3v) is 4.66. The van der Waals surface area contributed by atoms with Crippen LogP contribution in [0.2, 0.25) is 0 Å². The predicted octanol–water partition coefficient (Wildman–Crippen LogP) is 4.33. The van der Waals surface area contributed by atoms with Crippen molar-refractivity contribution in [2.24, 2.45) is 0 Å². The average molecular weight is 344 g/mol. The van der Waals surface area contributed by atoms with Gasteiger partial charge in [0, 0.05) is 12.6 Å². The maximum atomic E-state index is 4.68. The molecule has 4 heteroatoms. The molecule has 0 aliphatic rings. The highest BCUT2D eigenvalue weighted by atomic mass is 79.9. The van der Waals surface area contributed by atoms with Crippen molar-refractivity contribution in [2.45, 2.75) is 78.8 Å². The maximum Gasteiger partial charge on any atom is 0.0766 e. The summed E-state index contributed by atoms with van der Waals surface area (Å²) in [5.41, 5.74) is 2.55. The molecule has 20 heavy (non-hydrogen) atoms. The van der Waals surface area contributed by atoms with Gasteiger partial charge in [-0.05, 0) is 61.5 Å². The lowest BCUT2D eigenvalue weighted by Gasteiger charge is -2.18. The van der Waals surface area contributed by atoms with E-state index in [2.05, 4.69) is 58.7 Å². The van der Waals surface area contributed by atoms with Gasteiger partial charge in [-0.2, -0.15) is 5.10 Å². The third kappa shape index (κ3) is 4.88. The van der Waals surface area contributed by atoms with E-state index in [0.717, 1.165) is 25.9 Å². The Morgan fingerprint density at radius 2 is 1.90 bits per heavy atom. The maximum absolute atomic E-state index is 4.68. The molecule has 0 fully saturated rings. The summed E-state index contributed by atoms with van der Waals surface area (Å²) in [6.45, 7) is 10.9. The molecule has 0 bridgehead atoms. The second-order valence-corrected chi connectivity index (χ2v) is 6.15. The molecule has 1 N–H and O–H groups in total. The van der Waals surface area contributed by atoms with Crippen LogP contribution < -0.4 is 5.32 Å². The second-order valence-electron chi connectivity index (χ2n) is 5.36. The lowest BCUT2D eigenvalue weighted by atomic mass is 10.0. The summed E-state index contributed by atoms with van der Waals surface area (Å²) < 4.78 is 3.39. The Balaban J connectivity index is 2.68. The van der Waals surface area contributed by atoms with Gasteiger partial charge in [0.25, 0.3) is 0 Å². The highest BCUT2D eigenvalue weighted by Gasteiger charge is 2.15. The van der Waals surface area contributed by atoms with Gasteiger partial charge >= 0.3 is 0 Å². The van der Waals surface area contributed by atoms with E-state index in [1.807, 2.05) is 0 Å². The molecule has 0 saturated carbocycles. The number of nitrogens with zero attached hydrogens (tertiary/aromatic N) is 2.